The molecule has 0 aromatic heterocycles. The minimum atomic E-state index is -0.664. The standard InChI is InChI=1S/C12H14N2O3/c1-12(2,6-13)7-14-11(17)9-4-3-8(15)5-10(9)16/h3-5,15-16H,7H2,1-2H3,(H,14,17). The van der Waals surface area contributed by atoms with Crippen molar-refractivity contribution in [2.45, 2.75) is 13.8 Å². The fourth-order valence-corrected chi connectivity index (χ4v) is 1.15. The molecule has 0 spiro atoms. The van der Waals surface area contributed by atoms with Crippen LogP contribution in [-0.2, 0) is 0 Å². The van der Waals surface area contributed by atoms with Crippen molar-refractivity contribution in [2.24, 2.45) is 5.41 Å². The number of benzene rings is 1. The number of rotatable bonds is 3. The molecule has 0 fully saturated rings. The average molecular weight is 234 g/mol. The first-order valence-corrected chi connectivity index (χ1v) is 5.07. The van der Waals surface area contributed by atoms with Crippen molar-refractivity contribution < 1.29 is 15.0 Å². The Hall–Kier alpha value is -2.22. The molecule has 0 aliphatic heterocycles. The highest BCUT2D eigenvalue weighted by Gasteiger charge is 2.19. The lowest BCUT2D eigenvalue weighted by Crippen LogP contribution is -2.33. The summed E-state index contributed by atoms with van der Waals surface area (Å²) in [5, 5.41) is 29.9. The molecule has 1 aromatic carbocycles. The van der Waals surface area contributed by atoms with E-state index >= 15 is 0 Å². The summed E-state index contributed by atoms with van der Waals surface area (Å²) in [6.45, 7) is 3.58. The number of hydrogen-bond acceptors (Lipinski definition) is 4. The Morgan fingerprint density at radius 2 is 2.12 bits per heavy atom. The quantitative estimate of drug-likeness (QED) is 0.736. The number of aromatic hydroxyl groups is 2. The highest BCUT2D eigenvalue weighted by Crippen LogP contribution is 2.22. The van der Waals surface area contributed by atoms with E-state index in [0.29, 0.717) is 0 Å². The van der Waals surface area contributed by atoms with Gasteiger partial charge in [-0.2, -0.15) is 5.26 Å². The van der Waals surface area contributed by atoms with Crippen molar-refractivity contribution in [3.8, 4) is 17.6 Å². The van der Waals surface area contributed by atoms with Gasteiger partial charge in [-0.25, -0.2) is 0 Å². The summed E-state index contributed by atoms with van der Waals surface area (Å²) in [6, 6.07) is 5.77. The van der Waals surface area contributed by atoms with Gasteiger partial charge < -0.3 is 15.5 Å². The molecule has 5 heteroatoms. The van der Waals surface area contributed by atoms with Gasteiger partial charge in [0.25, 0.3) is 5.91 Å². The van der Waals surface area contributed by atoms with E-state index in [0.717, 1.165) is 6.07 Å². The molecule has 0 bridgehead atoms. The van der Waals surface area contributed by atoms with E-state index in [1.807, 2.05) is 0 Å². The number of amides is 1. The van der Waals surface area contributed by atoms with Gasteiger partial charge in [0.05, 0.1) is 17.0 Å². The molecular formula is C12H14N2O3. The Bertz CT molecular complexity index is 475. The largest absolute Gasteiger partial charge is 0.508 e. The van der Waals surface area contributed by atoms with Gasteiger partial charge in [-0.05, 0) is 26.0 Å². The molecule has 1 aromatic rings. The summed E-state index contributed by atoms with van der Waals surface area (Å²) in [5.74, 6) is -0.889. The molecular weight excluding hydrogens is 220 g/mol. The number of hydrogen-bond donors (Lipinski definition) is 3. The third kappa shape index (κ3) is 3.38. The lowest BCUT2D eigenvalue weighted by Gasteiger charge is -2.16. The molecule has 0 aliphatic rings. The summed E-state index contributed by atoms with van der Waals surface area (Å²) < 4.78 is 0. The van der Waals surface area contributed by atoms with Gasteiger partial charge in [0.15, 0.2) is 0 Å². The van der Waals surface area contributed by atoms with Crippen LogP contribution in [0.15, 0.2) is 18.2 Å². The first-order valence-electron chi connectivity index (χ1n) is 5.07. The molecule has 3 N–H and O–H groups in total. The Labute approximate surface area is 99.3 Å². The van der Waals surface area contributed by atoms with E-state index in [1.165, 1.54) is 12.1 Å². The van der Waals surface area contributed by atoms with Crippen molar-refractivity contribution >= 4 is 5.91 Å². The molecule has 0 atom stereocenters. The minimum Gasteiger partial charge on any atom is -0.508 e. The molecule has 17 heavy (non-hydrogen) atoms. The molecule has 1 rings (SSSR count). The zero-order valence-electron chi connectivity index (χ0n) is 9.69. The van der Waals surface area contributed by atoms with E-state index < -0.39 is 11.3 Å². The van der Waals surface area contributed by atoms with Gasteiger partial charge in [0, 0.05) is 12.6 Å². The topological polar surface area (TPSA) is 93.4 Å². The van der Waals surface area contributed by atoms with Crippen LogP contribution in [0.2, 0.25) is 0 Å². The number of carbonyl (C=O) groups is 1. The van der Waals surface area contributed by atoms with E-state index in [2.05, 4.69) is 11.4 Å². The smallest absolute Gasteiger partial charge is 0.255 e. The molecule has 0 radical (unpaired) electrons. The van der Waals surface area contributed by atoms with Crippen molar-refractivity contribution in [3.63, 3.8) is 0 Å². The van der Waals surface area contributed by atoms with Crippen LogP contribution in [0, 0.1) is 16.7 Å². The zero-order valence-corrected chi connectivity index (χ0v) is 9.69. The summed E-state index contributed by atoms with van der Waals surface area (Å²) >= 11 is 0. The Morgan fingerprint density at radius 3 is 2.65 bits per heavy atom. The molecule has 1 amide bonds. The molecule has 0 aliphatic carbocycles. The Balaban J connectivity index is 2.75. The maximum absolute atomic E-state index is 11.7. The number of nitrogens with one attached hydrogen (secondary N) is 1. The maximum atomic E-state index is 11.7. The van der Waals surface area contributed by atoms with Gasteiger partial charge in [0.2, 0.25) is 0 Å². The lowest BCUT2D eigenvalue weighted by molar-refractivity contribution is 0.0941. The van der Waals surface area contributed by atoms with Gasteiger partial charge in [-0.1, -0.05) is 0 Å². The molecule has 0 saturated heterocycles. The van der Waals surface area contributed by atoms with E-state index in [-0.39, 0.29) is 23.6 Å². The van der Waals surface area contributed by atoms with Crippen LogP contribution in [-0.4, -0.2) is 22.7 Å². The second-order valence-electron chi connectivity index (χ2n) is 4.38. The van der Waals surface area contributed by atoms with Crippen molar-refractivity contribution in [1.82, 2.24) is 5.32 Å². The SMILES string of the molecule is CC(C)(C#N)CNC(=O)c1ccc(O)cc1O. The highest BCUT2D eigenvalue weighted by molar-refractivity contribution is 5.97. The van der Waals surface area contributed by atoms with Crippen molar-refractivity contribution in [2.75, 3.05) is 6.54 Å². The van der Waals surface area contributed by atoms with E-state index in [1.54, 1.807) is 13.8 Å². The van der Waals surface area contributed by atoms with Crippen LogP contribution in [0.25, 0.3) is 0 Å². The first kappa shape index (κ1) is 12.8. The van der Waals surface area contributed by atoms with Crippen LogP contribution < -0.4 is 5.32 Å². The van der Waals surface area contributed by atoms with E-state index in [9.17, 15) is 9.90 Å². The fourth-order valence-electron chi connectivity index (χ4n) is 1.15. The van der Waals surface area contributed by atoms with Crippen LogP contribution in [0.5, 0.6) is 11.5 Å². The monoisotopic (exact) mass is 234 g/mol. The number of carbonyl (C=O) groups excluding carboxylic acids is 1. The molecule has 5 nitrogen and oxygen atoms in total. The van der Waals surface area contributed by atoms with Gasteiger partial charge >= 0.3 is 0 Å². The average Bonchev–Trinajstić information content (AvgIpc) is 2.26. The second kappa shape index (κ2) is 4.74. The van der Waals surface area contributed by atoms with E-state index in [4.69, 9.17) is 10.4 Å². The van der Waals surface area contributed by atoms with Gasteiger partial charge in [-0.3, -0.25) is 4.79 Å². The summed E-state index contributed by atoms with van der Waals surface area (Å²) in [4.78, 5) is 11.7. The Morgan fingerprint density at radius 1 is 1.47 bits per heavy atom. The van der Waals surface area contributed by atoms with Crippen LogP contribution in [0.3, 0.4) is 0 Å². The van der Waals surface area contributed by atoms with Gasteiger partial charge in [-0.15, -0.1) is 0 Å². The highest BCUT2D eigenvalue weighted by atomic mass is 16.3. The summed E-state index contributed by atoms with van der Waals surface area (Å²) in [6.07, 6.45) is 0. The minimum absolute atomic E-state index is 0.0662. The zero-order chi connectivity index (χ0) is 13.1. The fraction of sp³-hybridized carbons (Fsp3) is 0.333. The summed E-state index contributed by atoms with van der Waals surface area (Å²) in [5.41, 5.74) is -0.598. The number of phenols is 2. The molecule has 0 heterocycles. The molecule has 0 saturated carbocycles. The summed E-state index contributed by atoms with van der Waals surface area (Å²) in [7, 11) is 0. The van der Waals surface area contributed by atoms with Gasteiger partial charge in [0.1, 0.15) is 11.5 Å². The molecule has 0 unspecified atom stereocenters. The maximum Gasteiger partial charge on any atom is 0.255 e. The normalized spacial score (nSPS) is 10.6. The predicted molar refractivity (Wildman–Crippen MR) is 61.5 cm³/mol. The van der Waals surface area contributed by atoms with Crippen molar-refractivity contribution in [3.05, 3.63) is 23.8 Å². The number of nitriles is 1. The number of phenolic OH excluding ortho intramolecular Hbond substituents is 2. The van der Waals surface area contributed by atoms with Crippen LogP contribution in [0.1, 0.15) is 24.2 Å². The van der Waals surface area contributed by atoms with Crippen molar-refractivity contribution in [1.29, 1.82) is 5.26 Å². The van der Waals surface area contributed by atoms with Crippen LogP contribution in [0.4, 0.5) is 0 Å². The first-order chi connectivity index (χ1) is 7.85. The second-order valence-corrected chi connectivity index (χ2v) is 4.38. The number of nitrogens with zero attached hydrogens (tertiary/aromatic N) is 1. The van der Waals surface area contributed by atoms with Crippen LogP contribution >= 0.6 is 0 Å². The third-order valence-electron chi connectivity index (χ3n) is 2.22. The Kier molecular flexibility index (Phi) is 3.59. The third-order valence-corrected chi connectivity index (χ3v) is 2.22. The predicted octanol–water partition coefficient (Wildman–Crippen LogP) is 1.38. The lowest BCUT2D eigenvalue weighted by atomic mass is 9.96. The molecule has 90 valence electrons.